The van der Waals surface area contributed by atoms with Crippen LogP contribution in [-0.4, -0.2) is 13.1 Å². The molecule has 0 atom stereocenters. The first-order valence-corrected chi connectivity index (χ1v) is 4.52. The summed E-state index contributed by atoms with van der Waals surface area (Å²) in [6.07, 6.45) is 5.22. The van der Waals surface area contributed by atoms with Crippen molar-refractivity contribution in [3.8, 4) is 0 Å². The van der Waals surface area contributed by atoms with E-state index in [2.05, 4.69) is 17.1 Å². The average Bonchev–Trinajstić information content (AvgIpc) is 2.20. The molecule has 2 rings (SSSR count). The highest BCUT2D eigenvalue weighted by Gasteiger charge is 2.10. The predicted molar refractivity (Wildman–Crippen MR) is 52.4 cm³/mol. The van der Waals surface area contributed by atoms with E-state index in [1.165, 1.54) is 6.07 Å². The highest BCUT2D eigenvalue weighted by atomic mass is 19.1. The molecule has 0 bridgehead atoms. The number of rotatable bonds is 1. The maximum absolute atomic E-state index is 13.3. The summed E-state index contributed by atoms with van der Waals surface area (Å²) in [7, 11) is 0. The molecule has 0 fully saturated rings. The van der Waals surface area contributed by atoms with Gasteiger partial charge in [-0.2, -0.15) is 0 Å². The summed E-state index contributed by atoms with van der Waals surface area (Å²) >= 11 is 0. The predicted octanol–water partition coefficient (Wildman–Crippen LogP) is 2.59. The van der Waals surface area contributed by atoms with Crippen LogP contribution >= 0.6 is 0 Å². The molecule has 0 aliphatic carbocycles. The first kappa shape index (κ1) is 8.30. The van der Waals surface area contributed by atoms with Crippen LogP contribution in [0.15, 0.2) is 36.4 Å². The summed E-state index contributed by atoms with van der Waals surface area (Å²) in [6, 6.07) is 6.93. The van der Waals surface area contributed by atoms with Crippen LogP contribution in [0.1, 0.15) is 6.42 Å². The number of para-hydroxylation sites is 1. The lowest BCUT2D eigenvalue weighted by molar-refractivity contribution is 0.618. The first-order chi connectivity index (χ1) is 6.38. The van der Waals surface area contributed by atoms with Crippen LogP contribution in [0.2, 0.25) is 0 Å². The van der Waals surface area contributed by atoms with Crippen molar-refractivity contribution >= 4 is 5.69 Å². The normalized spacial score (nSPS) is 16.2. The summed E-state index contributed by atoms with van der Waals surface area (Å²) in [4.78, 5) is 2.05. The van der Waals surface area contributed by atoms with Gasteiger partial charge in [0.05, 0.1) is 5.69 Å². The van der Waals surface area contributed by atoms with Gasteiger partial charge in [0.1, 0.15) is 5.82 Å². The summed E-state index contributed by atoms with van der Waals surface area (Å²) in [5, 5.41) is 0. The van der Waals surface area contributed by atoms with Gasteiger partial charge in [0.2, 0.25) is 0 Å². The van der Waals surface area contributed by atoms with Crippen LogP contribution in [0.5, 0.6) is 0 Å². The molecule has 0 N–H and O–H groups in total. The van der Waals surface area contributed by atoms with Gasteiger partial charge in [-0.3, -0.25) is 0 Å². The Labute approximate surface area is 77.5 Å². The second-order valence-corrected chi connectivity index (χ2v) is 3.16. The van der Waals surface area contributed by atoms with Gasteiger partial charge in [-0.1, -0.05) is 24.3 Å². The fraction of sp³-hybridized carbons (Fsp3) is 0.273. The standard InChI is InChI=1S/C11H12FN/c12-10-6-2-3-7-11(10)13-8-4-1-5-9-13/h1-4,6-7H,5,8-9H2. The van der Waals surface area contributed by atoms with E-state index >= 15 is 0 Å². The van der Waals surface area contributed by atoms with E-state index in [0.717, 1.165) is 19.5 Å². The number of hydrogen-bond acceptors (Lipinski definition) is 1. The van der Waals surface area contributed by atoms with Gasteiger partial charge >= 0.3 is 0 Å². The van der Waals surface area contributed by atoms with Crippen LogP contribution in [0.25, 0.3) is 0 Å². The van der Waals surface area contributed by atoms with Gasteiger partial charge in [0, 0.05) is 13.1 Å². The Morgan fingerprint density at radius 1 is 1.15 bits per heavy atom. The lowest BCUT2D eigenvalue weighted by Crippen LogP contribution is -2.27. The van der Waals surface area contributed by atoms with Crippen molar-refractivity contribution < 1.29 is 4.39 Å². The van der Waals surface area contributed by atoms with Gasteiger partial charge in [0.25, 0.3) is 0 Å². The molecule has 0 saturated carbocycles. The Morgan fingerprint density at radius 2 is 2.00 bits per heavy atom. The fourth-order valence-electron chi connectivity index (χ4n) is 1.57. The van der Waals surface area contributed by atoms with E-state index in [1.54, 1.807) is 6.07 Å². The molecule has 0 amide bonds. The molecule has 13 heavy (non-hydrogen) atoms. The molecule has 1 heterocycles. The minimum absolute atomic E-state index is 0.127. The lowest BCUT2D eigenvalue weighted by Gasteiger charge is -2.25. The first-order valence-electron chi connectivity index (χ1n) is 4.52. The van der Waals surface area contributed by atoms with E-state index in [4.69, 9.17) is 0 Å². The molecular formula is C11H12FN. The molecule has 0 aromatic heterocycles. The summed E-state index contributed by atoms with van der Waals surface area (Å²) < 4.78 is 13.3. The van der Waals surface area contributed by atoms with E-state index in [0.29, 0.717) is 5.69 Å². The number of anilines is 1. The topological polar surface area (TPSA) is 3.24 Å². The monoisotopic (exact) mass is 177 g/mol. The maximum Gasteiger partial charge on any atom is 0.146 e. The Kier molecular flexibility index (Phi) is 2.30. The van der Waals surface area contributed by atoms with Crippen LogP contribution in [0, 0.1) is 5.82 Å². The third-order valence-electron chi connectivity index (χ3n) is 2.25. The average molecular weight is 177 g/mol. The van der Waals surface area contributed by atoms with Gasteiger partial charge in [-0.05, 0) is 18.6 Å². The molecule has 0 spiro atoms. The highest BCUT2D eigenvalue weighted by molar-refractivity contribution is 5.48. The molecule has 1 aromatic carbocycles. The molecule has 0 saturated heterocycles. The smallest absolute Gasteiger partial charge is 0.146 e. The number of halogens is 1. The van der Waals surface area contributed by atoms with Crippen molar-refractivity contribution in [3.05, 3.63) is 42.2 Å². The van der Waals surface area contributed by atoms with Gasteiger partial charge < -0.3 is 4.90 Å². The van der Waals surface area contributed by atoms with E-state index in [9.17, 15) is 4.39 Å². The third-order valence-corrected chi connectivity index (χ3v) is 2.25. The molecule has 1 aromatic rings. The van der Waals surface area contributed by atoms with E-state index < -0.39 is 0 Å². The number of benzene rings is 1. The second-order valence-electron chi connectivity index (χ2n) is 3.16. The molecule has 1 aliphatic rings. The van der Waals surface area contributed by atoms with Crippen molar-refractivity contribution in [1.82, 2.24) is 0 Å². The summed E-state index contributed by atoms with van der Waals surface area (Å²) in [5.74, 6) is -0.127. The zero-order valence-electron chi connectivity index (χ0n) is 7.41. The number of nitrogens with zero attached hydrogens (tertiary/aromatic N) is 1. The summed E-state index contributed by atoms with van der Waals surface area (Å²) in [5.41, 5.74) is 0.715. The Balaban J connectivity index is 2.24. The van der Waals surface area contributed by atoms with Gasteiger partial charge in [-0.25, -0.2) is 4.39 Å². The molecular weight excluding hydrogens is 165 g/mol. The minimum Gasteiger partial charge on any atom is -0.365 e. The van der Waals surface area contributed by atoms with Crippen molar-refractivity contribution in [3.63, 3.8) is 0 Å². The molecule has 1 nitrogen and oxygen atoms in total. The number of hydrogen-bond donors (Lipinski definition) is 0. The minimum atomic E-state index is -0.127. The molecule has 1 aliphatic heterocycles. The van der Waals surface area contributed by atoms with Gasteiger partial charge in [0.15, 0.2) is 0 Å². The van der Waals surface area contributed by atoms with Crippen LogP contribution in [0.3, 0.4) is 0 Å². The highest BCUT2D eigenvalue weighted by Crippen LogP contribution is 2.20. The quantitative estimate of drug-likeness (QED) is 0.596. The van der Waals surface area contributed by atoms with Crippen molar-refractivity contribution in [1.29, 1.82) is 0 Å². The van der Waals surface area contributed by atoms with Crippen LogP contribution in [0.4, 0.5) is 10.1 Å². The largest absolute Gasteiger partial charge is 0.365 e. The Bertz CT molecular complexity index is 320. The lowest BCUT2D eigenvalue weighted by atomic mass is 10.2. The molecule has 0 unspecified atom stereocenters. The third kappa shape index (κ3) is 1.72. The molecule has 0 radical (unpaired) electrons. The van der Waals surface area contributed by atoms with Crippen molar-refractivity contribution in [2.75, 3.05) is 18.0 Å². The fourth-order valence-corrected chi connectivity index (χ4v) is 1.57. The maximum atomic E-state index is 13.3. The zero-order chi connectivity index (χ0) is 9.10. The van der Waals surface area contributed by atoms with Crippen LogP contribution < -0.4 is 4.90 Å². The van der Waals surface area contributed by atoms with E-state index in [-0.39, 0.29) is 5.82 Å². The van der Waals surface area contributed by atoms with Crippen molar-refractivity contribution in [2.24, 2.45) is 0 Å². The molecule has 68 valence electrons. The van der Waals surface area contributed by atoms with Crippen molar-refractivity contribution in [2.45, 2.75) is 6.42 Å². The second kappa shape index (κ2) is 3.60. The Morgan fingerprint density at radius 3 is 2.69 bits per heavy atom. The Hall–Kier alpha value is -1.31. The zero-order valence-corrected chi connectivity index (χ0v) is 7.41. The van der Waals surface area contributed by atoms with Gasteiger partial charge in [-0.15, -0.1) is 0 Å². The summed E-state index contributed by atoms with van der Waals surface area (Å²) in [6.45, 7) is 1.73. The van der Waals surface area contributed by atoms with Crippen LogP contribution in [-0.2, 0) is 0 Å². The molecule has 2 heteroatoms. The SMILES string of the molecule is Fc1ccccc1N1CC=CCC1. The van der Waals surface area contributed by atoms with E-state index in [1.807, 2.05) is 12.1 Å².